The highest BCUT2D eigenvalue weighted by atomic mass is 79.9. The first-order valence-corrected chi connectivity index (χ1v) is 12.5. The van der Waals surface area contributed by atoms with Crippen LogP contribution >= 0.6 is 27.3 Å². The van der Waals surface area contributed by atoms with E-state index in [1.165, 1.54) is 18.1 Å². The maximum absolute atomic E-state index is 13.8. The first-order chi connectivity index (χ1) is 17.2. The van der Waals surface area contributed by atoms with Gasteiger partial charge in [-0.05, 0) is 49.7 Å². The number of rotatable bonds is 5. The van der Waals surface area contributed by atoms with Crippen LogP contribution in [0.25, 0.3) is 11.0 Å². The highest BCUT2D eigenvalue weighted by Gasteiger charge is 2.45. The summed E-state index contributed by atoms with van der Waals surface area (Å²) in [5, 5.41) is 10.7. The fourth-order valence-electron chi connectivity index (χ4n) is 4.20. The molecule has 11 heteroatoms. The zero-order valence-corrected chi connectivity index (χ0v) is 21.7. The van der Waals surface area contributed by atoms with Gasteiger partial charge in [0, 0.05) is 4.47 Å². The number of nitrogens with zero attached hydrogens (tertiary/aromatic N) is 2. The number of aromatic nitrogens is 1. The lowest BCUT2D eigenvalue weighted by Crippen LogP contribution is -2.29. The molecule has 0 saturated carbocycles. The molecule has 9 nitrogen and oxygen atoms in total. The molecule has 2 aromatic carbocycles. The third kappa shape index (κ3) is 3.75. The summed E-state index contributed by atoms with van der Waals surface area (Å²) in [5.74, 6) is -1.14. The summed E-state index contributed by atoms with van der Waals surface area (Å²) < 4.78 is 17.0. The van der Waals surface area contributed by atoms with Crippen molar-refractivity contribution in [2.24, 2.45) is 0 Å². The van der Waals surface area contributed by atoms with Gasteiger partial charge in [-0.1, -0.05) is 33.3 Å². The van der Waals surface area contributed by atoms with Crippen molar-refractivity contribution in [1.29, 1.82) is 0 Å². The number of esters is 1. The van der Waals surface area contributed by atoms with Gasteiger partial charge < -0.3 is 19.0 Å². The Morgan fingerprint density at radius 1 is 1.25 bits per heavy atom. The van der Waals surface area contributed by atoms with Crippen molar-refractivity contribution in [2.75, 3.05) is 18.6 Å². The van der Waals surface area contributed by atoms with Gasteiger partial charge in [0.2, 0.25) is 5.76 Å². The summed E-state index contributed by atoms with van der Waals surface area (Å²) in [6.45, 7) is 3.71. The number of halogens is 1. The van der Waals surface area contributed by atoms with Crippen molar-refractivity contribution in [3.8, 4) is 11.5 Å². The number of phenols is 1. The normalized spacial score (nSPS) is 14.8. The van der Waals surface area contributed by atoms with E-state index in [4.69, 9.17) is 13.9 Å². The lowest BCUT2D eigenvalue weighted by Gasteiger charge is -2.23. The number of fused-ring (bicyclic) bond motifs is 2. The lowest BCUT2D eigenvalue weighted by molar-refractivity contribution is 0.0605. The van der Waals surface area contributed by atoms with Crippen LogP contribution in [0.4, 0.5) is 5.13 Å². The average Bonchev–Trinajstić information content (AvgIpc) is 3.38. The van der Waals surface area contributed by atoms with E-state index in [-0.39, 0.29) is 43.8 Å². The van der Waals surface area contributed by atoms with Crippen LogP contribution in [-0.2, 0) is 4.74 Å². The van der Waals surface area contributed by atoms with Gasteiger partial charge in [-0.25, -0.2) is 9.78 Å². The molecule has 3 heterocycles. The fraction of sp³-hybridized carbons (Fsp3) is 0.200. The smallest absolute Gasteiger partial charge is 0.350 e. The van der Waals surface area contributed by atoms with Gasteiger partial charge in [-0.3, -0.25) is 14.5 Å². The molecule has 1 aliphatic heterocycles. The maximum Gasteiger partial charge on any atom is 0.350 e. The van der Waals surface area contributed by atoms with E-state index >= 15 is 0 Å². The number of hydrogen-bond acceptors (Lipinski definition) is 9. The van der Waals surface area contributed by atoms with E-state index in [2.05, 4.69) is 20.9 Å². The number of anilines is 1. The Hall–Kier alpha value is -3.70. The summed E-state index contributed by atoms with van der Waals surface area (Å²) in [5.41, 5.74) is 0.908. The predicted molar refractivity (Wildman–Crippen MR) is 136 cm³/mol. The van der Waals surface area contributed by atoms with Crippen LogP contribution in [0.1, 0.15) is 50.0 Å². The van der Waals surface area contributed by atoms with E-state index in [1.807, 2.05) is 0 Å². The first kappa shape index (κ1) is 24.0. The van der Waals surface area contributed by atoms with E-state index in [0.29, 0.717) is 27.7 Å². The summed E-state index contributed by atoms with van der Waals surface area (Å²) in [7, 11) is 1.26. The van der Waals surface area contributed by atoms with E-state index in [1.54, 1.807) is 44.2 Å². The number of amides is 1. The molecule has 1 amide bonds. The minimum Gasteiger partial charge on any atom is -0.504 e. The van der Waals surface area contributed by atoms with Gasteiger partial charge in [-0.2, -0.15) is 0 Å². The zero-order chi connectivity index (χ0) is 25.7. The average molecular weight is 571 g/mol. The number of aryl methyl sites for hydroxylation is 1. The molecular formula is C25H19BrN2O7S. The SMILES string of the molecule is CCOc1cc(C2c3c(oc4ccc(Br)cc4c3=O)C(=O)N2c2nc(C)c(C(=O)OC)s2)ccc1O. The topological polar surface area (TPSA) is 119 Å². The van der Waals surface area contributed by atoms with Crippen LogP contribution in [-0.4, -0.2) is 35.7 Å². The molecule has 5 rings (SSSR count). The molecule has 1 atom stereocenters. The summed E-state index contributed by atoms with van der Waals surface area (Å²) >= 11 is 4.36. The van der Waals surface area contributed by atoms with Crippen molar-refractivity contribution >= 4 is 55.2 Å². The highest BCUT2D eigenvalue weighted by molar-refractivity contribution is 9.10. The third-order valence-corrected chi connectivity index (χ3v) is 7.42. The minimum atomic E-state index is -0.942. The molecule has 184 valence electrons. The summed E-state index contributed by atoms with van der Waals surface area (Å²) in [4.78, 5) is 45.7. The zero-order valence-electron chi connectivity index (χ0n) is 19.3. The van der Waals surface area contributed by atoms with Gasteiger partial charge >= 0.3 is 5.97 Å². The number of benzene rings is 2. The minimum absolute atomic E-state index is 0.0794. The molecule has 0 aliphatic carbocycles. The number of hydrogen-bond donors (Lipinski definition) is 1. The van der Waals surface area contributed by atoms with Crippen LogP contribution in [0, 0.1) is 6.92 Å². The van der Waals surface area contributed by atoms with Crippen molar-refractivity contribution in [2.45, 2.75) is 19.9 Å². The van der Waals surface area contributed by atoms with E-state index < -0.39 is 17.9 Å². The number of carbonyl (C=O) groups is 2. The van der Waals surface area contributed by atoms with Gasteiger partial charge in [-0.15, -0.1) is 0 Å². The second-order valence-electron chi connectivity index (χ2n) is 7.95. The molecule has 0 bridgehead atoms. The van der Waals surface area contributed by atoms with Gasteiger partial charge in [0.15, 0.2) is 22.1 Å². The molecule has 1 N–H and O–H groups in total. The second-order valence-corrected chi connectivity index (χ2v) is 9.85. The molecule has 1 unspecified atom stereocenters. The molecule has 0 radical (unpaired) electrons. The Bertz CT molecular complexity index is 1610. The number of carbonyl (C=O) groups excluding carboxylic acids is 2. The molecule has 1 aliphatic rings. The first-order valence-electron chi connectivity index (χ1n) is 10.9. The largest absolute Gasteiger partial charge is 0.504 e. The summed E-state index contributed by atoms with van der Waals surface area (Å²) in [6.07, 6.45) is 0. The third-order valence-electron chi connectivity index (χ3n) is 5.79. The summed E-state index contributed by atoms with van der Waals surface area (Å²) in [6, 6.07) is 8.64. The number of ether oxygens (including phenoxy) is 2. The number of aromatic hydroxyl groups is 1. The van der Waals surface area contributed by atoms with Crippen LogP contribution in [0.2, 0.25) is 0 Å². The van der Waals surface area contributed by atoms with Gasteiger partial charge in [0.25, 0.3) is 5.91 Å². The van der Waals surface area contributed by atoms with Crippen molar-refractivity contribution < 1.29 is 28.6 Å². The Morgan fingerprint density at radius 2 is 2.03 bits per heavy atom. The standard InChI is InChI=1S/C25H19BrN2O7S/c1-4-34-17-9-12(5-7-15(17)29)19-18-20(30)14-10-13(26)6-8-16(14)35-21(18)23(31)28(19)25-27-11(2)22(36-25)24(32)33-3/h5-10,19,29H,4H2,1-3H3. The van der Waals surface area contributed by atoms with E-state index in [9.17, 15) is 19.5 Å². The maximum atomic E-state index is 13.8. The molecule has 0 spiro atoms. The number of phenolic OH excluding ortho intramolecular Hbond substituents is 1. The molecular weight excluding hydrogens is 552 g/mol. The van der Waals surface area contributed by atoms with Crippen molar-refractivity contribution in [1.82, 2.24) is 4.98 Å². The van der Waals surface area contributed by atoms with Gasteiger partial charge in [0.1, 0.15) is 10.5 Å². The molecule has 4 aromatic rings. The fourth-order valence-corrected chi connectivity index (χ4v) is 5.57. The van der Waals surface area contributed by atoms with Crippen LogP contribution in [0.15, 0.2) is 50.1 Å². The monoisotopic (exact) mass is 570 g/mol. The highest BCUT2D eigenvalue weighted by Crippen LogP contribution is 2.44. The lowest BCUT2D eigenvalue weighted by atomic mass is 9.98. The Morgan fingerprint density at radius 3 is 2.75 bits per heavy atom. The quantitative estimate of drug-likeness (QED) is 0.334. The van der Waals surface area contributed by atoms with Crippen molar-refractivity contribution in [3.05, 3.63) is 78.6 Å². The van der Waals surface area contributed by atoms with Crippen LogP contribution in [0.3, 0.4) is 0 Å². The Kier molecular flexibility index (Phi) is 6.05. The van der Waals surface area contributed by atoms with E-state index in [0.717, 1.165) is 11.3 Å². The Labute approximate surface area is 217 Å². The molecule has 36 heavy (non-hydrogen) atoms. The Balaban J connectivity index is 1.79. The van der Waals surface area contributed by atoms with Crippen molar-refractivity contribution in [3.63, 3.8) is 0 Å². The molecule has 2 aromatic heterocycles. The predicted octanol–water partition coefficient (Wildman–Crippen LogP) is 4.96. The second kappa shape index (κ2) is 9.07. The van der Waals surface area contributed by atoms with Crippen LogP contribution < -0.4 is 15.1 Å². The van der Waals surface area contributed by atoms with Gasteiger partial charge in [0.05, 0.1) is 36.4 Å². The number of methoxy groups -OCH3 is 1. The molecule has 0 saturated heterocycles. The van der Waals surface area contributed by atoms with Crippen LogP contribution in [0.5, 0.6) is 11.5 Å². The number of thiazole rings is 1. The molecule has 0 fully saturated rings.